The minimum Gasteiger partial charge on any atom is -0.472 e. The molecule has 0 saturated carbocycles. The van der Waals surface area contributed by atoms with Gasteiger partial charge < -0.3 is 19.4 Å². The highest BCUT2D eigenvalue weighted by molar-refractivity contribution is 5.94. The molecule has 3 rings (SSSR count). The van der Waals surface area contributed by atoms with E-state index >= 15 is 0 Å². The SMILES string of the molecule is COC(=O)c1ccc(/C=C/C(=O)NC2CCN(C(=O)c3ccoc3)CC2)cc1. The number of nitrogens with zero attached hydrogens (tertiary/aromatic N) is 1. The van der Waals surface area contributed by atoms with Crippen molar-refractivity contribution in [1.29, 1.82) is 0 Å². The molecule has 2 heterocycles. The average molecular weight is 382 g/mol. The summed E-state index contributed by atoms with van der Waals surface area (Å²) in [7, 11) is 1.33. The normalized spacial score (nSPS) is 14.8. The summed E-state index contributed by atoms with van der Waals surface area (Å²) in [5, 5.41) is 2.97. The number of carbonyl (C=O) groups excluding carboxylic acids is 3. The molecule has 7 nitrogen and oxygen atoms in total. The minimum atomic E-state index is -0.397. The topological polar surface area (TPSA) is 88.9 Å². The Balaban J connectivity index is 1.46. The molecule has 0 radical (unpaired) electrons. The van der Waals surface area contributed by atoms with E-state index < -0.39 is 5.97 Å². The summed E-state index contributed by atoms with van der Waals surface area (Å²) in [6.45, 7) is 1.18. The summed E-state index contributed by atoms with van der Waals surface area (Å²) >= 11 is 0. The molecule has 2 amide bonds. The first-order chi connectivity index (χ1) is 13.6. The van der Waals surface area contributed by atoms with Gasteiger partial charge in [-0.15, -0.1) is 0 Å². The molecule has 2 aromatic rings. The first-order valence-corrected chi connectivity index (χ1v) is 9.05. The van der Waals surface area contributed by atoms with Crippen LogP contribution in [0, 0.1) is 0 Å². The van der Waals surface area contributed by atoms with Crippen molar-refractivity contribution in [3.8, 4) is 0 Å². The highest BCUT2D eigenvalue weighted by Crippen LogP contribution is 2.14. The predicted molar refractivity (Wildman–Crippen MR) is 103 cm³/mol. The van der Waals surface area contributed by atoms with Crippen LogP contribution in [0.15, 0.2) is 53.4 Å². The van der Waals surface area contributed by atoms with Crippen molar-refractivity contribution in [2.45, 2.75) is 18.9 Å². The van der Waals surface area contributed by atoms with Crippen molar-refractivity contribution in [3.05, 3.63) is 65.6 Å². The number of carbonyl (C=O) groups is 3. The van der Waals surface area contributed by atoms with Crippen LogP contribution < -0.4 is 5.32 Å². The molecule has 28 heavy (non-hydrogen) atoms. The minimum absolute atomic E-state index is 0.0345. The lowest BCUT2D eigenvalue weighted by Gasteiger charge is -2.32. The lowest BCUT2D eigenvalue weighted by atomic mass is 10.0. The number of rotatable bonds is 5. The van der Waals surface area contributed by atoms with Gasteiger partial charge in [0.25, 0.3) is 5.91 Å². The number of amides is 2. The number of hydrogen-bond donors (Lipinski definition) is 1. The monoisotopic (exact) mass is 382 g/mol. The van der Waals surface area contributed by atoms with E-state index in [1.165, 1.54) is 25.7 Å². The van der Waals surface area contributed by atoms with E-state index in [2.05, 4.69) is 10.1 Å². The van der Waals surface area contributed by atoms with Crippen molar-refractivity contribution in [3.63, 3.8) is 0 Å². The second-order valence-electron chi connectivity index (χ2n) is 6.53. The van der Waals surface area contributed by atoms with Crippen LogP contribution in [0.1, 0.15) is 39.1 Å². The summed E-state index contributed by atoms with van der Waals surface area (Å²) < 4.78 is 9.60. The molecule has 0 spiro atoms. The van der Waals surface area contributed by atoms with Gasteiger partial charge in [0.1, 0.15) is 6.26 Å². The van der Waals surface area contributed by atoms with Crippen LogP contribution in [0.4, 0.5) is 0 Å². The van der Waals surface area contributed by atoms with Gasteiger partial charge in [0.05, 0.1) is 24.5 Å². The highest BCUT2D eigenvalue weighted by Gasteiger charge is 2.24. The first-order valence-electron chi connectivity index (χ1n) is 9.05. The molecule has 0 bridgehead atoms. The summed E-state index contributed by atoms with van der Waals surface area (Å²) in [5.41, 5.74) is 1.81. The van der Waals surface area contributed by atoms with Crippen LogP contribution in [-0.4, -0.2) is 48.9 Å². The molecule has 1 fully saturated rings. The zero-order chi connectivity index (χ0) is 19.9. The lowest BCUT2D eigenvalue weighted by molar-refractivity contribution is -0.117. The second-order valence-corrected chi connectivity index (χ2v) is 6.53. The zero-order valence-corrected chi connectivity index (χ0v) is 15.6. The number of hydrogen-bond acceptors (Lipinski definition) is 5. The molecule has 1 aliphatic rings. The fourth-order valence-corrected chi connectivity index (χ4v) is 3.07. The molecular weight excluding hydrogens is 360 g/mol. The standard InChI is InChI=1S/C21H22N2O5/c1-27-21(26)16-5-2-15(3-6-16)4-7-19(24)22-18-8-11-23(12-9-18)20(25)17-10-13-28-14-17/h2-7,10,13-14,18H,8-9,11-12H2,1H3,(H,22,24)/b7-4+. The quantitative estimate of drug-likeness (QED) is 0.634. The Labute approximate surface area is 163 Å². The van der Waals surface area contributed by atoms with E-state index in [4.69, 9.17) is 4.42 Å². The van der Waals surface area contributed by atoms with Gasteiger partial charge in [0.15, 0.2) is 0 Å². The number of furan rings is 1. The van der Waals surface area contributed by atoms with E-state index in [-0.39, 0.29) is 17.9 Å². The number of nitrogens with one attached hydrogen (secondary N) is 1. The smallest absolute Gasteiger partial charge is 0.337 e. The molecule has 0 unspecified atom stereocenters. The molecule has 1 saturated heterocycles. The third-order valence-electron chi connectivity index (χ3n) is 4.66. The molecule has 1 N–H and O–H groups in total. The Morgan fingerprint density at radius 2 is 1.82 bits per heavy atom. The van der Waals surface area contributed by atoms with E-state index in [0.29, 0.717) is 37.1 Å². The number of piperidine rings is 1. The van der Waals surface area contributed by atoms with Crippen LogP contribution in [0.2, 0.25) is 0 Å². The Morgan fingerprint density at radius 1 is 1.11 bits per heavy atom. The van der Waals surface area contributed by atoms with Gasteiger partial charge in [-0.2, -0.15) is 0 Å². The Hall–Kier alpha value is -3.35. The Morgan fingerprint density at radius 3 is 2.43 bits per heavy atom. The molecule has 0 atom stereocenters. The largest absolute Gasteiger partial charge is 0.472 e. The van der Waals surface area contributed by atoms with Crippen LogP contribution >= 0.6 is 0 Å². The van der Waals surface area contributed by atoms with E-state index in [9.17, 15) is 14.4 Å². The van der Waals surface area contributed by atoms with Gasteiger partial charge in [-0.25, -0.2) is 4.79 Å². The predicted octanol–water partition coefficient (Wildman–Crippen LogP) is 2.50. The fourth-order valence-electron chi connectivity index (χ4n) is 3.07. The van der Waals surface area contributed by atoms with Crippen LogP contribution in [0.3, 0.4) is 0 Å². The number of methoxy groups -OCH3 is 1. The Kier molecular flexibility index (Phi) is 6.26. The van der Waals surface area contributed by atoms with Gasteiger partial charge >= 0.3 is 5.97 Å². The van der Waals surface area contributed by atoms with Gasteiger partial charge in [-0.3, -0.25) is 9.59 Å². The van der Waals surface area contributed by atoms with E-state index in [1.807, 2.05) is 0 Å². The summed E-state index contributed by atoms with van der Waals surface area (Å²) in [6.07, 6.45) is 7.49. The zero-order valence-electron chi connectivity index (χ0n) is 15.6. The molecule has 1 aromatic heterocycles. The van der Waals surface area contributed by atoms with Crippen molar-refractivity contribution in [2.24, 2.45) is 0 Å². The maximum absolute atomic E-state index is 12.3. The maximum Gasteiger partial charge on any atom is 0.337 e. The first kappa shape index (κ1) is 19.4. The summed E-state index contributed by atoms with van der Waals surface area (Å²) in [5.74, 6) is -0.628. The number of ether oxygens (including phenoxy) is 1. The third kappa shape index (κ3) is 4.88. The number of esters is 1. The summed E-state index contributed by atoms with van der Waals surface area (Å²) in [6, 6.07) is 8.48. The molecule has 0 aliphatic carbocycles. The van der Waals surface area contributed by atoms with E-state index in [1.54, 1.807) is 41.3 Å². The molecule has 146 valence electrons. The fraction of sp³-hybridized carbons (Fsp3) is 0.286. The molecule has 1 aliphatic heterocycles. The van der Waals surface area contributed by atoms with Gasteiger partial charge in [-0.05, 0) is 42.7 Å². The average Bonchev–Trinajstić information content (AvgIpc) is 3.27. The van der Waals surface area contributed by atoms with Crippen molar-refractivity contribution >= 4 is 23.9 Å². The molecule has 7 heteroatoms. The highest BCUT2D eigenvalue weighted by atomic mass is 16.5. The summed E-state index contributed by atoms with van der Waals surface area (Å²) in [4.78, 5) is 37.6. The van der Waals surface area contributed by atoms with Gasteiger partial charge in [-0.1, -0.05) is 12.1 Å². The van der Waals surface area contributed by atoms with Crippen LogP contribution in [0.5, 0.6) is 0 Å². The maximum atomic E-state index is 12.3. The molecule has 1 aromatic carbocycles. The van der Waals surface area contributed by atoms with Crippen LogP contribution in [0.25, 0.3) is 6.08 Å². The van der Waals surface area contributed by atoms with Crippen molar-refractivity contribution in [2.75, 3.05) is 20.2 Å². The lowest BCUT2D eigenvalue weighted by Crippen LogP contribution is -2.46. The van der Waals surface area contributed by atoms with E-state index in [0.717, 1.165) is 5.56 Å². The Bertz CT molecular complexity index is 847. The molecular formula is C21H22N2O5. The van der Waals surface area contributed by atoms with Crippen molar-refractivity contribution < 1.29 is 23.5 Å². The third-order valence-corrected chi connectivity index (χ3v) is 4.66. The van der Waals surface area contributed by atoms with Gasteiger partial charge in [0.2, 0.25) is 5.91 Å². The number of benzene rings is 1. The number of likely N-dealkylation sites (tertiary alicyclic amines) is 1. The van der Waals surface area contributed by atoms with Gasteiger partial charge in [0, 0.05) is 25.2 Å². The van der Waals surface area contributed by atoms with Crippen molar-refractivity contribution in [1.82, 2.24) is 10.2 Å². The second kappa shape index (κ2) is 9.03. The van der Waals surface area contributed by atoms with Crippen LogP contribution in [-0.2, 0) is 9.53 Å².